The largest absolute Gasteiger partial charge is 0.436 e. The fourth-order valence-corrected chi connectivity index (χ4v) is 3.03. The molecule has 2 aromatic carbocycles. The third-order valence-electron chi connectivity index (χ3n) is 3.91. The van der Waals surface area contributed by atoms with E-state index in [1.165, 1.54) is 12.1 Å². The normalized spacial score (nSPS) is 11.1. The van der Waals surface area contributed by atoms with Crippen molar-refractivity contribution in [2.24, 2.45) is 0 Å². The molecule has 0 spiro atoms. The summed E-state index contributed by atoms with van der Waals surface area (Å²) in [7, 11) is 0. The Hall–Kier alpha value is -2.63. The number of hydrogen-bond donors (Lipinski definition) is 0. The minimum atomic E-state index is -0.503. The van der Waals surface area contributed by atoms with Gasteiger partial charge < -0.3 is 8.94 Å². The van der Waals surface area contributed by atoms with Crippen LogP contribution in [0.4, 0.5) is 4.39 Å². The standard InChI is InChI=1S/C19H11Cl2FN2O2/c1-10-16(18(24-26-10)17-13(21)3-2-4-14(17)22)19-23-9-15(25-19)11-5-7-12(20)8-6-11/h2-9H,1H3. The number of aromatic nitrogens is 2. The lowest BCUT2D eigenvalue weighted by molar-refractivity contribution is 0.399. The zero-order valence-electron chi connectivity index (χ0n) is 13.5. The van der Waals surface area contributed by atoms with Crippen LogP contribution in [0.25, 0.3) is 34.0 Å². The summed E-state index contributed by atoms with van der Waals surface area (Å²) in [4.78, 5) is 4.30. The van der Waals surface area contributed by atoms with E-state index in [1.54, 1.807) is 31.3 Å². The number of rotatable bonds is 3. The molecule has 0 unspecified atom stereocenters. The Labute approximate surface area is 158 Å². The van der Waals surface area contributed by atoms with Crippen molar-refractivity contribution in [2.75, 3.05) is 0 Å². The number of nitrogens with zero attached hydrogens (tertiary/aromatic N) is 2. The van der Waals surface area contributed by atoms with Gasteiger partial charge in [-0.3, -0.25) is 0 Å². The number of hydrogen-bond acceptors (Lipinski definition) is 4. The highest BCUT2D eigenvalue weighted by molar-refractivity contribution is 6.33. The molecule has 0 saturated heterocycles. The first-order chi connectivity index (χ1) is 12.5. The quantitative estimate of drug-likeness (QED) is 0.406. The van der Waals surface area contributed by atoms with Crippen molar-refractivity contribution in [3.8, 4) is 34.0 Å². The fourth-order valence-electron chi connectivity index (χ4n) is 2.66. The van der Waals surface area contributed by atoms with E-state index in [0.717, 1.165) is 5.56 Å². The van der Waals surface area contributed by atoms with Crippen molar-refractivity contribution in [3.63, 3.8) is 0 Å². The van der Waals surface area contributed by atoms with Crippen molar-refractivity contribution < 1.29 is 13.3 Å². The molecule has 0 aliphatic carbocycles. The lowest BCUT2D eigenvalue weighted by Gasteiger charge is -2.03. The van der Waals surface area contributed by atoms with Crippen LogP contribution in [0.15, 0.2) is 57.6 Å². The van der Waals surface area contributed by atoms with Gasteiger partial charge in [-0.2, -0.15) is 0 Å². The van der Waals surface area contributed by atoms with Gasteiger partial charge in [0.15, 0.2) is 5.76 Å². The highest BCUT2D eigenvalue weighted by Crippen LogP contribution is 2.39. The van der Waals surface area contributed by atoms with Crippen molar-refractivity contribution >= 4 is 23.2 Å². The van der Waals surface area contributed by atoms with Gasteiger partial charge in [-0.15, -0.1) is 0 Å². The van der Waals surface area contributed by atoms with Crippen LogP contribution in [0.2, 0.25) is 10.0 Å². The molecule has 0 radical (unpaired) electrons. The molecule has 0 saturated carbocycles. The Morgan fingerprint density at radius 2 is 1.77 bits per heavy atom. The Morgan fingerprint density at radius 1 is 1.00 bits per heavy atom. The zero-order valence-corrected chi connectivity index (χ0v) is 15.0. The minimum absolute atomic E-state index is 0.146. The molecular weight excluding hydrogens is 378 g/mol. The summed E-state index contributed by atoms with van der Waals surface area (Å²) in [6.07, 6.45) is 1.58. The van der Waals surface area contributed by atoms with Gasteiger partial charge >= 0.3 is 0 Å². The number of halogens is 3. The van der Waals surface area contributed by atoms with Gasteiger partial charge in [0.2, 0.25) is 5.89 Å². The molecule has 0 bridgehead atoms. The van der Waals surface area contributed by atoms with Crippen LogP contribution >= 0.6 is 23.2 Å². The Morgan fingerprint density at radius 3 is 2.50 bits per heavy atom. The van der Waals surface area contributed by atoms with Crippen molar-refractivity contribution in [2.45, 2.75) is 6.92 Å². The summed E-state index contributed by atoms with van der Waals surface area (Å²) in [5, 5.41) is 4.81. The Bertz CT molecular complexity index is 1070. The number of aryl methyl sites for hydroxylation is 1. The van der Waals surface area contributed by atoms with Gasteiger partial charge in [0, 0.05) is 10.6 Å². The Kier molecular flexibility index (Phi) is 4.26. The summed E-state index contributed by atoms with van der Waals surface area (Å²) < 4.78 is 25.4. The molecule has 7 heteroatoms. The smallest absolute Gasteiger partial charge is 0.232 e. The number of benzene rings is 2. The van der Waals surface area contributed by atoms with Crippen molar-refractivity contribution in [1.29, 1.82) is 0 Å². The van der Waals surface area contributed by atoms with Crippen LogP contribution in [0.5, 0.6) is 0 Å². The van der Waals surface area contributed by atoms with E-state index in [0.29, 0.717) is 22.1 Å². The minimum Gasteiger partial charge on any atom is -0.436 e. The van der Waals surface area contributed by atoms with Crippen LogP contribution in [0, 0.1) is 12.7 Å². The maximum atomic E-state index is 14.3. The average molecular weight is 389 g/mol. The molecule has 4 aromatic rings. The van der Waals surface area contributed by atoms with E-state index in [4.69, 9.17) is 32.1 Å². The number of oxazole rings is 1. The summed E-state index contributed by atoms with van der Waals surface area (Å²) >= 11 is 12.1. The molecule has 0 N–H and O–H groups in total. The molecule has 26 heavy (non-hydrogen) atoms. The molecule has 0 aliphatic heterocycles. The average Bonchev–Trinajstić information content (AvgIpc) is 3.22. The molecule has 0 atom stereocenters. The lowest BCUT2D eigenvalue weighted by atomic mass is 10.1. The topological polar surface area (TPSA) is 52.1 Å². The van der Waals surface area contributed by atoms with Crippen LogP contribution in [0.3, 0.4) is 0 Å². The van der Waals surface area contributed by atoms with E-state index in [9.17, 15) is 4.39 Å². The first kappa shape index (κ1) is 16.8. The van der Waals surface area contributed by atoms with E-state index in [-0.39, 0.29) is 22.2 Å². The summed E-state index contributed by atoms with van der Waals surface area (Å²) in [5.41, 5.74) is 1.66. The first-order valence-corrected chi connectivity index (χ1v) is 8.43. The van der Waals surface area contributed by atoms with Crippen LogP contribution in [-0.2, 0) is 0 Å². The Balaban J connectivity index is 1.83. The van der Waals surface area contributed by atoms with Crippen molar-refractivity contribution in [3.05, 3.63) is 70.3 Å². The fraction of sp³-hybridized carbons (Fsp3) is 0.0526. The highest BCUT2D eigenvalue weighted by atomic mass is 35.5. The van der Waals surface area contributed by atoms with Crippen LogP contribution in [-0.4, -0.2) is 10.1 Å². The van der Waals surface area contributed by atoms with E-state index in [1.807, 2.05) is 12.1 Å². The third kappa shape index (κ3) is 2.89. The second kappa shape index (κ2) is 6.59. The maximum absolute atomic E-state index is 14.3. The summed E-state index contributed by atoms with van der Waals surface area (Å²) in [6.45, 7) is 1.70. The summed E-state index contributed by atoms with van der Waals surface area (Å²) in [6, 6.07) is 11.6. The van der Waals surface area contributed by atoms with Gasteiger partial charge in [0.05, 0.1) is 16.8 Å². The predicted molar refractivity (Wildman–Crippen MR) is 97.6 cm³/mol. The second-order valence-electron chi connectivity index (χ2n) is 5.60. The highest BCUT2D eigenvalue weighted by Gasteiger charge is 2.25. The molecule has 0 fully saturated rings. The van der Waals surface area contributed by atoms with Gasteiger partial charge in [0.25, 0.3) is 0 Å². The molecule has 4 rings (SSSR count). The van der Waals surface area contributed by atoms with E-state index < -0.39 is 5.82 Å². The van der Waals surface area contributed by atoms with Crippen LogP contribution < -0.4 is 0 Å². The maximum Gasteiger partial charge on any atom is 0.232 e. The predicted octanol–water partition coefficient (Wildman–Crippen LogP) is 6.42. The molecule has 2 heterocycles. The molecular formula is C19H11Cl2FN2O2. The molecule has 0 amide bonds. The summed E-state index contributed by atoms with van der Waals surface area (Å²) in [5.74, 6) is 0.756. The SMILES string of the molecule is Cc1onc(-c2c(F)cccc2Cl)c1-c1ncc(-c2ccc(Cl)cc2)o1. The first-order valence-electron chi connectivity index (χ1n) is 7.67. The van der Waals surface area contributed by atoms with E-state index in [2.05, 4.69) is 10.1 Å². The third-order valence-corrected chi connectivity index (χ3v) is 4.48. The molecule has 4 nitrogen and oxygen atoms in total. The van der Waals surface area contributed by atoms with Gasteiger partial charge in [0.1, 0.15) is 22.8 Å². The monoisotopic (exact) mass is 388 g/mol. The lowest BCUT2D eigenvalue weighted by Crippen LogP contribution is -1.89. The molecule has 130 valence electrons. The zero-order chi connectivity index (χ0) is 18.3. The molecule has 2 aromatic heterocycles. The van der Waals surface area contributed by atoms with Gasteiger partial charge in [-0.1, -0.05) is 34.4 Å². The van der Waals surface area contributed by atoms with Gasteiger partial charge in [-0.25, -0.2) is 9.37 Å². The van der Waals surface area contributed by atoms with Gasteiger partial charge in [-0.05, 0) is 43.3 Å². The van der Waals surface area contributed by atoms with Crippen LogP contribution in [0.1, 0.15) is 5.76 Å². The van der Waals surface area contributed by atoms with Crippen molar-refractivity contribution in [1.82, 2.24) is 10.1 Å². The van der Waals surface area contributed by atoms with E-state index >= 15 is 0 Å². The second-order valence-corrected chi connectivity index (χ2v) is 6.44. The molecule has 0 aliphatic rings.